The molecule has 2 saturated heterocycles. The van der Waals surface area contributed by atoms with Crippen molar-refractivity contribution in [3.63, 3.8) is 0 Å². The lowest BCUT2D eigenvalue weighted by atomic mass is 9.96. The van der Waals surface area contributed by atoms with Gasteiger partial charge in [0, 0.05) is 6.54 Å². The predicted octanol–water partition coefficient (Wildman–Crippen LogP) is -0.0787. The largest absolute Gasteiger partial charge is 0.465 e. The summed E-state index contributed by atoms with van der Waals surface area (Å²) >= 11 is 0. The summed E-state index contributed by atoms with van der Waals surface area (Å²) in [6.45, 7) is 2.58. The second-order valence-electron chi connectivity index (χ2n) is 4.32. The lowest BCUT2D eigenvalue weighted by Gasteiger charge is -2.30. The van der Waals surface area contributed by atoms with E-state index in [9.17, 15) is 14.7 Å². The number of hydrogen-bond donors (Lipinski definition) is 1. The fourth-order valence-electron chi connectivity index (χ4n) is 2.61. The number of carbonyl (C=O) groups excluding carboxylic acids is 2. The van der Waals surface area contributed by atoms with Crippen molar-refractivity contribution in [1.29, 1.82) is 0 Å². The minimum absolute atomic E-state index is 0.185. The van der Waals surface area contributed by atoms with Gasteiger partial charge in [0.1, 0.15) is 0 Å². The van der Waals surface area contributed by atoms with Crippen LogP contribution in [-0.4, -0.2) is 47.2 Å². The van der Waals surface area contributed by atoms with E-state index < -0.39 is 18.0 Å². The normalized spacial score (nSPS) is 33.8. The van der Waals surface area contributed by atoms with Crippen molar-refractivity contribution in [2.24, 2.45) is 5.92 Å². The van der Waals surface area contributed by atoms with Crippen molar-refractivity contribution in [1.82, 2.24) is 4.90 Å². The molecule has 2 fully saturated rings. The summed E-state index contributed by atoms with van der Waals surface area (Å²) < 4.78 is 4.83. The standard InChI is InChI=1S/C11H17NO4/c1-2-16-11(15)8-9(13)7-5-3-4-6-12(7)10(8)14/h7-9,13H,2-6H2,1H3/t7-,8-,9-/m0/s1. The summed E-state index contributed by atoms with van der Waals surface area (Å²) in [4.78, 5) is 25.1. The number of amides is 1. The van der Waals surface area contributed by atoms with E-state index in [2.05, 4.69) is 0 Å². The molecule has 0 spiro atoms. The van der Waals surface area contributed by atoms with Crippen LogP contribution >= 0.6 is 0 Å². The molecule has 0 saturated carbocycles. The molecule has 0 radical (unpaired) electrons. The average Bonchev–Trinajstić information content (AvgIpc) is 2.53. The molecular formula is C11H17NO4. The summed E-state index contributed by atoms with van der Waals surface area (Å²) in [5.41, 5.74) is 0. The van der Waals surface area contributed by atoms with Crippen LogP contribution in [0.2, 0.25) is 0 Å². The van der Waals surface area contributed by atoms with Crippen molar-refractivity contribution in [3.05, 3.63) is 0 Å². The summed E-state index contributed by atoms with van der Waals surface area (Å²) in [7, 11) is 0. The molecule has 2 heterocycles. The number of ether oxygens (including phenoxy) is 1. The Morgan fingerprint density at radius 1 is 1.56 bits per heavy atom. The maximum Gasteiger partial charge on any atom is 0.321 e. The van der Waals surface area contributed by atoms with E-state index in [1.807, 2.05) is 0 Å². The van der Waals surface area contributed by atoms with Gasteiger partial charge < -0.3 is 14.7 Å². The molecule has 16 heavy (non-hydrogen) atoms. The van der Waals surface area contributed by atoms with Crippen molar-refractivity contribution in [2.75, 3.05) is 13.2 Å². The highest BCUT2D eigenvalue weighted by molar-refractivity contribution is 6.00. The molecular weight excluding hydrogens is 210 g/mol. The summed E-state index contributed by atoms with van der Waals surface area (Å²) in [5, 5.41) is 9.99. The van der Waals surface area contributed by atoms with E-state index in [0.717, 1.165) is 19.3 Å². The summed E-state index contributed by atoms with van der Waals surface area (Å²) in [6.07, 6.45) is 1.83. The molecule has 0 aromatic carbocycles. The molecule has 0 aliphatic carbocycles. The van der Waals surface area contributed by atoms with Gasteiger partial charge in [-0.15, -0.1) is 0 Å². The summed E-state index contributed by atoms with van der Waals surface area (Å²) in [5.74, 6) is -1.85. The SMILES string of the molecule is CCOC(=O)[C@@H]1C(=O)N2CCCC[C@H]2[C@@H]1O. The van der Waals surface area contributed by atoms with Gasteiger partial charge in [-0.3, -0.25) is 9.59 Å². The average molecular weight is 227 g/mol. The highest BCUT2D eigenvalue weighted by atomic mass is 16.5. The fraction of sp³-hybridized carbons (Fsp3) is 0.818. The van der Waals surface area contributed by atoms with Gasteiger partial charge in [0.05, 0.1) is 18.8 Å². The minimum atomic E-state index is -0.997. The molecule has 0 aromatic heterocycles. The molecule has 2 aliphatic rings. The first-order valence-corrected chi connectivity index (χ1v) is 5.82. The van der Waals surface area contributed by atoms with E-state index in [4.69, 9.17) is 4.74 Å². The van der Waals surface area contributed by atoms with Gasteiger partial charge in [-0.05, 0) is 26.2 Å². The maximum atomic E-state index is 11.9. The Balaban J connectivity index is 2.15. The zero-order valence-electron chi connectivity index (χ0n) is 9.39. The predicted molar refractivity (Wildman–Crippen MR) is 55.5 cm³/mol. The quantitative estimate of drug-likeness (QED) is 0.529. The molecule has 0 bridgehead atoms. The Labute approximate surface area is 94.4 Å². The highest BCUT2D eigenvalue weighted by Crippen LogP contribution is 2.32. The first-order valence-electron chi connectivity index (χ1n) is 5.82. The molecule has 1 amide bonds. The van der Waals surface area contributed by atoms with Crippen LogP contribution in [0.5, 0.6) is 0 Å². The first kappa shape index (κ1) is 11.4. The van der Waals surface area contributed by atoms with Crippen LogP contribution in [-0.2, 0) is 14.3 Å². The van der Waals surface area contributed by atoms with Crippen LogP contribution in [0.4, 0.5) is 0 Å². The maximum absolute atomic E-state index is 11.9. The number of nitrogens with zero attached hydrogens (tertiary/aromatic N) is 1. The third-order valence-electron chi connectivity index (χ3n) is 3.37. The number of piperidine rings is 1. The first-order chi connectivity index (χ1) is 7.66. The Kier molecular flexibility index (Phi) is 3.14. The lowest BCUT2D eigenvalue weighted by Crippen LogP contribution is -2.40. The zero-order valence-corrected chi connectivity index (χ0v) is 9.39. The van der Waals surface area contributed by atoms with Gasteiger partial charge in [0.25, 0.3) is 0 Å². The Bertz CT molecular complexity index is 304. The van der Waals surface area contributed by atoms with Gasteiger partial charge >= 0.3 is 5.97 Å². The summed E-state index contributed by atoms with van der Waals surface area (Å²) in [6, 6.07) is -0.185. The van der Waals surface area contributed by atoms with Crippen molar-refractivity contribution in [2.45, 2.75) is 38.3 Å². The van der Waals surface area contributed by atoms with Crippen molar-refractivity contribution in [3.8, 4) is 0 Å². The second-order valence-corrected chi connectivity index (χ2v) is 4.32. The number of esters is 1. The molecule has 2 aliphatic heterocycles. The minimum Gasteiger partial charge on any atom is -0.465 e. The third kappa shape index (κ3) is 1.69. The number of aliphatic hydroxyl groups excluding tert-OH is 1. The third-order valence-corrected chi connectivity index (χ3v) is 3.37. The van der Waals surface area contributed by atoms with Gasteiger partial charge in [0.2, 0.25) is 5.91 Å². The van der Waals surface area contributed by atoms with Crippen LogP contribution in [0.1, 0.15) is 26.2 Å². The molecule has 0 aromatic rings. The molecule has 2 rings (SSSR count). The topological polar surface area (TPSA) is 66.8 Å². The Morgan fingerprint density at radius 3 is 2.94 bits per heavy atom. The van der Waals surface area contributed by atoms with Crippen LogP contribution in [0, 0.1) is 5.92 Å². The molecule has 90 valence electrons. The van der Waals surface area contributed by atoms with Gasteiger partial charge in [-0.1, -0.05) is 0 Å². The van der Waals surface area contributed by atoms with Gasteiger partial charge in [0.15, 0.2) is 5.92 Å². The second kappa shape index (κ2) is 4.41. The molecule has 3 atom stereocenters. The monoisotopic (exact) mass is 227 g/mol. The molecule has 5 heteroatoms. The lowest BCUT2D eigenvalue weighted by molar-refractivity contribution is -0.154. The van der Waals surface area contributed by atoms with Crippen LogP contribution in [0.25, 0.3) is 0 Å². The smallest absolute Gasteiger partial charge is 0.321 e. The molecule has 5 nitrogen and oxygen atoms in total. The van der Waals surface area contributed by atoms with E-state index in [-0.39, 0.29) is 18.6 Å². The van der Waals surface area contributed by atoms with Crippen LogP contribution in [0.15, 0.2) is 0 Å². The number of aliphatic hydroxyl groups is 1. The highest BCUT2D eigenvalue weighted by Gasteiger charge is 2.51. The number of hydrogen-bond acceptors (Lipinski definition) is 4. The Hall–Kier alpha value is -1.10. The van der Waals surface area contributed by atoms with Crippen molar-refractivity contribution >= 4 is 11.9 Å². The van der Waals surface area contributed by atoms with Crippen molar-refractivity contribution < 1.29 is 19.4 Å². The van der Waals surface area contributed by atoms with E-state index >= 15 is 0 Å². The van der Waals surface area contributed by atoms with E-state index in [0.29, 0.717) is 6.54 Å². The number of fused-ring (bicyclic) bond motifs is 1. The van der Waals surface area contributed by atoms with E-state index in [1.165, 1.54) is 0 Å². The number of rotatable bonds is 2. The zero-order chi connectivity index (χ0) is 11.7. The number of carbonyl (C=O) groups is 2. The van der Waals surface area contributed by atoms with Gasteiger partial charge in [-0.2, -0.15) is 0 Å². The van der Waals surface area contributed by atoms with Gasteiger partial charge in [-0.25, -0.2) is 0 Å². The Morgan fingerprint density at radius 2 is 2.31 bits per heavy atom. The van der Waals surface area contributed by atoms with Crippen LogP contribution < -0.4 is 0 Å². The molecule has 0 unspecified atom stereocenters. The molecule has 1 N–H and O–H groups in total. The fourth-order valence-corrected chi connectivity index (χ4v) is 2.61. The van der Waals surface area contributed by atoms with Crippen LogP contribution in [0.3, 0.4) is 0 Å². The van der Waals surface area contributed by atoms with E-state index in [1.54, 1.807) is 11.8 Å².